The summed E-state index contributed by atoms with van der Waals surface area (Å²) in [6, 6.07) is 9.44. The Morgan fingerprint density at radius 1 is 1.03 bits per heavy atom. The molecule has 1 amide bonds. The minimum atomic E-state index is -3.75. The number of hydrogen-bond donors (Lipinski definition) is 1. The van der Waals surface area contributed by atoms with Crippen molar-refractivity contribution in [2.75, 3.05) is 38.0 Å². The normalized spacial score (nSPS) is 17.7. The first-order valence-corrected chi connectivity index (χ1v) is 11.7. The minimum Gasteiger partial charge on any atom is -0.325 e. The van der Waals surface area contributed by atoms with Crippen LogP contribution in [0.3, 0.4) is 0 Å². The molecule has 0 unspecified atom stereocenters. The Hall–Kier alpha value is -2.00. The summed E-state index contributed by atoms with van der Waals surface area (Å²) in [6.07, 6.45) is 3.31. The Morgan fingerprint density at radius 2 is 1.77 bits per heavy atom. The maximum atomic E-state index is 13.3. The van der Waals surface area contributed by atoms with Crippen LogP contribution in [0.25, 0.3) is 0 Å². The summed E-state index contributed by atoms with van der Waals surface area (Å²) in [4.78, 5) is 14.3. The van der Waals surface area contributed by atoms with Gasteiger partial charge >= 0.3 is 0 Å². The Labute approximate surface area is 180 Å². The first-order valence-electron chi connectivity index (χ1n) is 9.92. The van der Waals surface area contributed by atoms with Crippen LogP contribution in [0.1, 0.15) is 17.5 Å². The van der Waals surface area contributed by atoms with Gasteiger partial charge in [0.2, 0.25) is 15.9 Å². The molecular formula is C21H23ClFN3O3S. The zero-order chi connectivity index (χ0) is 21.3. The summed E-state index contributed by atoms with van der Waals surface area (Å²) < 4.78 is 40.2. The Balaban J connectivity index is 1.32. The van der Waals surface area contributed by atoms with Gasteiger partial charge in [0.15, 0.2) is 0 Å². The Morgan fingerprint density at radius 3 is 2.50 bits per heavy atom. The van der Waals surface area contributed by atoms with E-state index in [0.29, 0.717) is 13.1 Å². The first-order chi connectivity index (χ1) is 14.3. The predicted octanol–water partition coefficient (Wildman–Crippen LogP) is 2.91. The van der Waals surface area contributed by atoms with Gasteiger partial charge in [-0.25, -0.2) is 12.8 Å². The van der Waals surface area contributed by atoms with E-state index in [1.807, 2.05) is 17.0 Å². The van der Waals surface area contributed by atoms with E-state index in [1.54, 1.807) is 0 Å². The molecule has 1 saturated heterocycles. The zero-order valence-electron chi connectivity index (χ0n) is 16.4. The molecule has 160 valence electrons. The highest BCUT2D eigenvalue weighted by atomic mass is 35.5. The molecule has 0 aromatic heterocycles. The quantitative estimate of drug-likeness (QED) is 0.758. The summed E-state index contributed by atoms with van der Waals surface area (Å²) >= 11 is 5.73. The van der Waals surface area contributed by atoms with Crippen molar-refractivity contribution < 1.29 is 17.6 Å². The predicted molar refractivity (Wildman–Crippen MR) is 114 cm³/mol. The van der Waals surface area contributed by atoms with Crippen LogP contribution in [0.5, 0.6) is 0 Å². The van der Waals surface area contributed by atoms with Gasteiger partial charge in [0.25, 0.3) is 0 Å². The highest BCUT2D eigenvalue weighted by Gasteiger charge is 2.29. The molecule has 0 bridgehead atoms. The van der Waals surface area contributed by atoms with Gasteiger partial charge in [0.1, 0.15) is 5.82 Å². The number of nitrogens with zero attached hydrogens (tertiary/aromatic N) is 2. The second-order valence-corrected chi connectivity index (χ2v) is 9.99. The number of carbonyl (C=O) groups excluding carboxylic acids is 1. The number of hydrogen-bond acceptors (Lipinski definition) is 4. The van der Waals surface area contributed by atoms with Crippen LogP contribution in [0, 0.1) is 5.82 Å². The topological polar surface area (TPSA) is 69.7 Å². The number of rotatable bonds is 5. The second-order valence-electron chi connectivity index (χ2n) is 7.64. The van der Waals surface area contributed by atoms with Crippen molar-refractivity contribution in [3.8, 4) is 0 Å². The second kappa shape index (κ2) is 8.63. The van der Waals surface area contributed by atoms with Crippen LogP contribution in [-0.4, -0.2) is 56.3 Å². The molecule has 1 aliphatic carbocycles. The fraction of sp³-hybridized carbons (Fsp3) is 0.381. The molecule has 0 atom stereocenters. The van der Waals surface area contributed by atoms with Gasteiger partial charge in [-0.15, -0.1) is 0 Å². The van der Waals surface area contributed by atoms with Crippen molar-refractivity contribution in [2.45, 2.75) is 24.2 Å². The van der Waals surface area contributed by atoms with Crippen molar-refractivity contribution in [1.82, 2.24) is 9.21 Å². The lowest BCUT2D eigenvalue weighted by molar-refractivity contribution is -0.117. The third-order valence-electron chi connectivity index (χ3n) is 5.61. The van der Waals surface area contributed by atoms with Crippen LogP contribution in [0.15, 0.2) is 41.3 Å². The molecule has 2 aromatic rings. The van der Waals surface area contributed by atoms with Crippen LogP contribution in [0.2, 0.25) is 5.02 Å². The molecule has 0 saturated carbocycles. The van der Waals surface area contributed by atoms with Gasteiger partial charge in [-0.3, -0.25) is 9.69 Å². The lowest BCUT2D eigenvalue weighted by Crippen LogP contribution is -2.50. The summed E-state index contributed by atoms with van der Waals surface area (Å²) in [5, 5.41) is 2.71. The first kappa shape index (κ1) is 21.2. The number of nitrogens with one attached hydrogen (secondary N) is 1. The van der Waals surface area contributed by atoms with Crippen LogP contribution in [0.4, 0.5) is 10.1 Å². The molecule has 1 heterocycles. The highest BCUT2D eigenvalue weighted by molar-refractivity contribution is 7.89. The Kier molecular flexibility index (Phi) is 6.11. The van der Waals surface area contributed by atoms with E-state index in [4.69, 9.17) is 11.6 Å². The molecule has 1 aliphatic heterocycles. The average molecular weight is 452 g/mol. The number of aryl methyl sites for hydroxylation is 2. The van der Waals surface area contributed by atoms with E-state index in [2.05, 4.69) is 11.4 Å². The van der Waals surface area contributed by atoms with E-state index < -0.39 is 15.8 Å². The molecule has 0 spiro atoms. The van der Waals surface area contributed by atoms with Crippen molar-refractivity contribution in [3.05, 3.63) is 58.4 Å². The molecule has 2 aromatic carbocycles. The monoisotopic (exact) mass is 451 g/mol. The summed E-state index contributed by atoms with van der Waals surface area (Å²) in [7, 11) is -3.75. The minimum absolute atomic E-state index is 0.0308. The number of carbonyl (C=O) groups is 1. The fourth-order valence-electron chi connectivity index (χ4n) is 3.97. The number of anilines is 1. The van der Waals surface area contributed by atoms with Crippen LogP contribution in [-0.2, 0) is 27.7 Å². The molecule has 9 heteroatoms. The van der Waals surface area contributed by atoms with Crippen molar-refractivity contribution in [2.24, 2.45) is 0 Å². The maximum absolute atomic E-state index is 13.3. The number of fused-ring (bicyclic) bond motifs is 1. The van der Waals surface area contributed by atoms with Crippen LogP contribution >= 0.6 is 11.6 Å². The summed E-state index contributed by atoms with van der Waals surface area (Å²) in [5.74, 6) is -0.774. The van der Waals surface area contributed by atoms with E-state index in [0.717, 1.165) is 37.1 Å². The van der Waals surface area contributed by atoms with Crippen molar-refractivity contribution >= 4 is 33.2 Å². The van der Waals surface area contributed by atoms with Gasteiger partial charge in [-0.1, -0.05) is 17.7 Å². The molecule has 4 rings (SSSR count). The molecule has 1 fully saturated rings. The van der Waals surface area contributed by atoms with Gasteiger partial charge < -0.3 is 5.32 Å². The van der Waals surface area contributed by atoms with Gasteiger partial charge in [0, 0.05) is 31.9 Å². The van der Waals surface area contributed by atoms with E-state index in [9.17, 15) is 17.6 Å². The van der Waals surface area contributed by atoms with Crippen LogP contribution < -0.4 is 5.32 Å². The largest absolute Gasteiger partial charge is 0.325 e. The number of amides is 1. The number of benzene rings is 2. The molecule has 30 heavy (non-hydrogen) atoms. The van der Waals surface area contributed by atoms with E-state index in [1.165, 1.54) is 21.5 Å². The summed E-state index contributed by atoms with van der Waals surface area (Å²) in [5.41, 5.74) is 3.45. The molecular weight excluding hydrogens is 429 g/mol. The molecule has 0 radical (unpaired) electrons. The van der Waals surface area contributed by atoms with Crippen molar-refractivity contribution in [3.63, 3.8) is 0 Å². The third kappa shape index (κ3) is 4.51. The standard InChI is InChI=1S/C21H23ClFN3O3S/c22-19-13-18(6-7-20(19)23)30(28,29)26-10-8-25(9-11-26)14-21(27)24-17-5-4-15-2-1-3-16(15)12-17/h4-7,12-13H,1-3,8-11,14H2,(H,24,27). The summed E-state index contributed by atoms with van der Waals surface area (Å²) in [6.45, 7) is 1.58. The third-order valence-corrected chi connectivity index (χ3v) is 7.79. The van der Waals surface area contributed by atoms with Crippen molar-refractivity contribution in [1.29, 1.82) is 0 Å². The molecule has 2 aliphatic rings. The van der Waals surface area contributed by atoms with Gasteiger partial charge in [-0.05, 0) is 60.7 Å². The highest BCUT2D eigenvalue weighted by Crippen LogP contribution is 2.25. The SMILES string of the molecule is O=C(CN1CCN(S(=O)(=O)c2ccc(F)c(Cl)c2)CC1)Nc1ccc2c(c1)CCC2. The van der Waals surface area contributed by atoms with Gasteiger partial charge in [-0.2, -0.15) is 4.31 Å². The van der Waals surface area contributed by atoms with E-state index >= 15 is 0 Å². The zero-order valence-corrected chi connectivity index (χ0v) is 18.0. The molecule has 1 N–H and O–H groups in total. The number of halogens is 2. The number of piperazine rings is 1. The average Bonchev–Trinajstić information content (AvgIpc) is 3.18. The van der Waals surface area contributed by atoms with E-state index in [-0.39, 0.29) is 35.5 Å². The van der Waals surface area contributed by atoms with Gasteiger partial charge in [0.05, 0.1) is 16.5 Å². The lowest BCUT2D eigenvalue weighted by atomic mass is 10.1. The number of sulfonamides is 1. The smallest absolute Gasteiger partial charge is 0.243 e. The fourth-order valence-corrected chi connectivity index (χ4v) is 5.66. The maximum Gasteiger partial charge on any atom is 0.243 e. The Bertz CT molecular complexity index is 1070. The lowest BCUT2D eigenvalue weighted by Gasteiger charge is -2.33. The molecule has 6 nitrogen and oxygen atoms in total.